The fourth-order valence-electron chi connectivity index (χ4n) is 4.55. The summed E-state index contributed by atoms with van der Waals surface area (Å²) in [5, 5.41) is 0. The second kappa shape index (κ2) is 4.98. The Labute approximate surface area is 132 Å². The molecular formula is C16H19F3O4. The number of halogens is 3. The van der Waals surface area contributed by atoms with Gasteiger partial charge in [0.25, 0.3) is 0 Å². The number of esters is 2. The SMILES string of the molecule is CC1(C)C[C@@H]2C[C@@]3(C[C@@H](COC(=O)C(F)(F)F)C=C[C@@H]13)C(=O)O2. The molecular weight excluding hydrogens is 313 g/mol. The number of allylic oxidation sites excluding steroid dienone is 1. The van der Waals surface area contributed by atoms with Gasteiger partial charge in [-0.1, -0.05) is 26.0 Å². The fraction of sp³-hybridized carbons (Fsp3) is 0.750. The molecule has 0 aromatic rings. The Balaban J connectivity index is 1.77. The van der Waals surface area contributed by atoms with Crippen LogP contribution in [0.1, 0.15) is 33.1 Å². The summed E-state index contributed by atoms with van der Waals surface area (Å²) in [6.07, 6.45) is 0.281. The lowest BCUT2D eigenvalue weighted by molar-refractivity contribution is -0.200. The molecule has 1 saturated carbocycles. The highest BCUT2D eigenvalue weighted by Crippen LogP contribution is 2.61. The molecule has 0 N–H and O–H groups in total. The normalized spacial score (nSPS) is 38.0. The van der Waals surface area contributed by atoms with Crippen LogP contribution in [-0.4, -0.2) is 30.8 Å². The van der Waals surface area contributed by atoms with Gasteiger partial charge < -0.3 is 9.47 Å². The molecule has 0 amide bonds. The van der Waals surface area contributed by atoms with Gasteiger partial charge in [0.05, 0.1) is 12.0 Å². The lowest BCUT2D eigenvalue weighted by Crippen LogP contribution is -2.48. The summed E-state index contributed by atoms with van der Waals surface area (Å²) in [4.78, 5) is 23.3. The average Bonchev–Trinajstić information content (AvgIpc) is 2.65. The van der Waals surface area contributed by atoms with Crippen molar-refractivity contribution in [2.24, 2.45) is 22.7 Å². The molecule has 3 aliphatic rings. The van der Waals surface area contributed by atoms with E-state index >= 15 is 0 Å². The smallest absolute Gasteiger partial charge is 0.462 e. The number of carbonyl (C=O) groups excluding carboxylic acids is 2. The first-order chi connectivity index (χ1) is 10.5. The fourth-order valence-corrected chi connectivity index (χ4v) is 4.55. The van der Waals surface area contributed by atoms with E-state index in [9.17, 15) is 22.8 Å². The molecule has 1 aliphatic heterocycles. The quantitative estimate of drug-likeness (QED) is 0.576. The van der Waals surface area contributed by atoms with Crippen molar-refractivity contribution < 1.29 is 32.2 Å². The second-order valence-electron chi connectivity index (χ2n) is 7.50. The van der Waals surface area contributed by atoms with Crippen LogP contribution >= 0.6 is 0 Å². The van der Waals surface area contributed by atoms with Gasteiger partial charge in [0.2, 0.25) is 0 Å². The van der Waals surface area contributed by atoms with E-state index in [1.165, 1.54) is 0 Å². The highest BCUT2D eigenvalue weighted by molar-refractivity contribution is 5.81. The van der Waals surface area contributed by atoms with E-state index in [-0.39, 0.29) is 30.0 Å². The zero-order valence-corrected chi connectivity index (χ0v) is 13.0. The maximum absolute atomic E-state index is 12.4. The van der Waals surface area contributed by atoms with Crippen LogP contribution < -0.4 is 0 Å². The Morgan fingerprint density at radius 3 is 2.65 bits per heavy atom. The van der Waals surface area contributed by atoms with Crippen LogP contribution in [0.3, 0.4) is 0 Å². The van der Waals surface area contributed by atoms with E-state index in [4.69, 9.17) is 4.74 Å². The van der Waals surface area contributed by atoms with Gasteiger partial charge in [-0.05, 0) is 24.2 Å². The van der Waals surface area contributed by atoms with Gasteiger partial charge in [-0.2, -0.15) is 13.2 Å². The first-order valence-electron chi connectivity index (χ1n) is 7.68. The maximum atomic E-state index is 12.4. The van der Waals surface area contributed by atoms with E-state index in [0.717, 1.165) is 6.42 Å². The van der Waals surface area contributed by atoms with Crippen LogP contribution in [0, 0.1) is 22.7 Å². The lowest BCUT2D eigenvalue weighted by atomic mass is 9.52. The number of hydrogen-bond donors (Lipinski definition) is 0. The van der Waals surface area contributed by atoms with Gasteiger partial charge in [-0.25, -0.2) is 4.79 Å². The van der Waals surface area contributed by atoms with Crippen molar-refractivity contribution in [1.29, 1.82) is 0 Å². The van der Waals surface area contributed by atoms with Crippen molar-refractivity contribution in [1.82, 2.24) is 0 Å². The Morgan fingerprint density at radius 2 is 2.00 bits per heavy atom. The summed E-state index contributed by atoms with van der Waals surface area (Å²) >= 11 is 0. The summed E-state index contributed by atoms with van der Waals surface area (Å²) in [7, 11) is 0. The van der Waals surface area contributed by atoms with Crippen LogP contribution in [0.25, 0.3) is 0 Å². The molecule has 1 spiro atoms. The molecule has 4 nitrogen and oxygen atoms in total. The van der Waals surface area contributed by atoms with Gasteiger partial charge >= 0.3 is 18.1 Å². The second-order valence-corrected chi connectivity index (χ2v) is 7.50. The van der Waals surface area contributed by atoms with Crippen LogP contribution in [-0.2, 0) is 19.1 Å². The van der Waals surface area contributed by atoms with E-state index in [0.29, 0.717) is 12.8 Å². The van der Waals surface area contributed by atoms with Crippen molar-refractivity contribution in [2.45, 2.75) is 45.4 Å². The predicted octanol–water partition coefficient (Wildman–Crippen LogP) is 3.02. The molecule has 1 saturated heterocycles. The summed E-state index contributed by atoms with van der Waals surface area (Å²) in [5.74, 6) is -2.87. The van der Waals surface area contributed by atoms with Crippen molar-refractivity contribution in [3.05, 3.63) is 12.2 Å². The summed E-state index contributed by atoms with van der Waals surface area (Å²) in [5.41, 5.74) is -0.810. The van der Waals surface area contributed by atoms with E-state index < -0.39 is 23.5 Å². The first-order valence-corrected chi connectivity index (χ1v) is 7.68. The number of rotatable bonds is 2. The third-order valence-corrected chi connectivity index (χ3v) is 5.33. The topological polar surface area (TPSA) is 52.6 Å². The average molecular weight is 332 g/mol. The zero-order valence-electron chi connectivity index (χ0n) is 13.0. The molecule has 7 heteroatoms. The van der Waals surface area contributed by atoms with E-state index in [1.54, 1.807) is 6.08 Å². The minimum Gasteiger partial charge on any atom is -0.462 e. The number of ether oxygens (including phenoxy) is 2. The third-order valence-electron chi connectivity index (χ3n) is 5.33. The Bertz CT molecular complexity index is 566. The van der Waals surface area contributed by atoms with Crippen LogP contribution in [0.2, 0.25) is 0 Å². The number of fused-ring (bicyclic) bond motifs is 1. The molecule has 0 unspecified atom stereocenters. The summed E-state index contributed by atoms with van der Waals surface area (Å²) in [6, 6.07) is 0. The van der Waals surface area contributed by atoms with Crippen molar-refractivity contribution >= 4 is 11.9 Å². The Morgan fingerprint density at radius 1 is 1.30 bits per heavy atom. The van der Waals surface area contributed by atoms with E-state index in [2.05, 4.69) is 18.6 Å². The van der Waals surface area contributed by atoms with Gasteiger partial charge in [0.1, 0.15) is 6.10 Å². The minimum absolute atomic E-state index is 0.00387. The summed E-state index contributed by atoms with van der Waals surface area (Å²) in [6.45, 7) is 3.78. The molecule has 0 aromatic carbocycles. The molecule has 0 radical (unpaired) electrons. The minimum atomic E-state index is -5.00. The largest absolute Gasteiger partial charge is 0.490 e. The third kappa shape index (κ3) is 2.64. The zero-order chi connectivity index (χ0) is 17.0. The molecule has 1 heterocycles. The highest BCUT2D eigenvalue weighted by atomic mass is 19.4. The van der Waals surface area contributed by atoms with Crippen LogP contribution in [0.15, 0.2) is 12.2 Å². The van der Waals surface area contributed by atoms with Crippen molar-refractivity contribution in [2.75, 3.05) is 6.61 Å². The molecule has 0 aromatic heterocycles. The Hall–Kier alpha value is -1.53. The summed E-state index contributed by atoms with van der Waals surface area (Å²) < 4.78 is 46.4. The first kappa shape index (κ1) is 16.3. The molecule has 2 fully saturated rings. The number of alkyl halides is 3. The molecule has 2 bridgehead atoms. The van der Waals surface area contributed by atoms with E-state index in [1.807, 2.05) is 6.08 Å². The van der Waals surface area contributed by atoms with Gasteiger partial charge in [0, 0.05) is 12.3 Å². The molecule has 2 aliphatic carbocycles. The van der Waals surface area contributed by atoms with Crippen LogP contribution in [0.4, 0.5) is 13.2 Å². The van der Waals surface area contributed by atoms with Crippen molar-refractivity contribution in [3.63, 3.8) is 0 Å². The standard InChI is InChI=1S/C16H19F3O4/c1-14(2)6-10-7-15(12(20)23-10)5-9(3-4-11(14)15)8-22-13(21)16(17,18)19/h3-4,9-11H,5-8H2,1-2H3/t9-,10+,11-,15+/m0/s1. The molecule has 23 heavy (non-hydrogen) atoms. The molecule has 128 valence electrons. The van der Waals surface area contributed by atoms with Crippen LogP contribution in [0.5, 0.6) is 0 Å². The lowest BCUT2D eigenvalue weighted by Gasteiger charge is -2.48. The van der Waals surface area contributed by atoms with Gasteiger partial charge in [-0.3, -0.25) is 4.79 Å². The monoisotopic (exact) mass is 332 g/mol. The predicted molar refractivity (Wildman–Crippen MR) is 73.1 cm³/mol. The van der Waals surface area contributed by atoms with Crippen molar-refractivity contribution in [3.8, 4) is 0 Å². The molecule has 3 rings (SSSR count). The number of hydrogen-bond acceptors (Lipinski definition) is 4. The molecule has 4 atom stereocenters. The van der Waals surface area contributed by atoms with Gasteiger partial charge in [0.15, 0.2) is 0 Å². The number of carbonyl (C=O) groups is 2. The Kier molecular flexibility index (Phi) is 3.54. The maximum Gasteiger partial charge on any atom is 0.490 e. The highest BCUT2D eigenvalue weighted by Gasteiger charge is 2.63. The van der Waals surface area contributed by atoms with Gasteiger partial charge in [-0.15, -0.1) is 0 Å².